The second-order valence-electron chi connectivity index (χ2n) is 5.98. The van der Waals surface area contributed by atoms with E-state index in [1.54, 1.807) is 0 Å². The molecule has 4 nitrogen and oxygen atoms in total. The average Bonchev–Trinajstić information content (AvgIpc) is 2.81. The lowest BCUT2D eigenvalue weighted by molar-refractivity contribution is 0.161. The quantitative estimate of drug-likeness (QED) is 0.774. The molecule has 19 heavy (non-hydrogen) atoms. The molecule has 0 unspecified atom stereocenters. The summed E-state index contributed by atoms with van der Waals surface area (Å²) < 4.78 is 0. The van der Waals surface area contributed by atoms with Gasteiger partial charge in [-0.2, -0.15) is 5.10 Å². The molecule has 0 aliphatic carbocycles. The Bertz CT molecular complexity index is 364. The van der Waals surface area contributed by atoms with E-state index >= 15 is 0 Å². The first-order chi connectivity index (χ1) is 9.16. The number of aryl methyl sites for hydroxylation is 2. The van der Waals surface area contributed by atoms with Crippen LogP contribution in [0.1, 0.15) is 44.4 Å². The first-order valence-electron chi connectivity index (χ1n) is 7.63. The van der Waals surface area contributed by atoms with E-state index in [-0.39, 0.29) is 0 Å². The number of hydrogen-bond donors (Lipinski definition) is 2. The van der Waals surface area contributed by atoms with Gasteiger partial charge in [0.15, 0.2) is 0 Å². The van der Waals surface area contributed by atoms with Gasteiger partial charge in [-0.05, 0) is 71.7 Å². The van der Waals surface area contributed by atoms with Gasteiger partial charge in [-0.25, -0.2) is 0 Å². The van der Waals surface area contributed by atoms with Crippen LogP contribution in [-0.4, -0.2) is 46.8 Å². The third-order valence-corrected chi connectivity index (χ3v) is 4.25. The van der Waals surface area contributed by atoms with Gasteiger partial charge in [0.2, 0.25) is 0 Å². The molecule has 2 N–H and O–H groups in total. The molecule has 1 saturated heterocycles. The summed E-state index contributed by atoms with van der Waals surface area (Å²) in [5, 5.41) is 10.8. The van der Waals surface area contributed by atoms with Crippen molar-refractivity contribution in [3.8, 4) is 0 Å². The summed E-state index contributed by atoms with van der Waals surface area (Å²) in [6.07, 6.45) is 6.87. The second kappa shape index (κ2) is 7.06. The minimum Gasteiger partial charge on any atom is -0.314 e. The summed E-state index contributed by atoms with van der Waals surface area (Å²) in [6, 6.07) is 1.42. The predicted molar refractivity (Wildman–Crippen MR) is 79.4 cm³/mol. The van der Waals surface area contributed by atoms with E-state index in [2.05, 4.69) is 41.2 Å². The molecule has 1 fully saturated rings. The number of aromatic nitrogens is 2. The summed E-state index contributed by atoms with van der Waals surface area (Å²) >= 11 is 0. The van der Waals surface area contributed by atoms with E-state index in [1.165, 1.54) is 43.6 Å². The number of hydrogen-bond acceptors (Lipinski definition) is 3. The molecule has 1 aromatic rings. The van der Waals surface area contributed by atoms with Crippen molar-refractivity contribution < 1.29 is 0 Å². The van der Waals surface area contributed by atoms with Gasteiger partial charge >= 0.3 is 0 Å². The van der Waals surface area contributed by atoms with Crippen molar-refractivity contribution in [1.82, 2.24) is 20.4 Å². The van der Waals surface area contributed by atoms with Crippen LogP contribution in [-0.2, 0) is 6.42 Å². The highest BCUT2D eigenvalue weighted by Gasteiger charge is 2.19. The molecular weight excluding hydrogens is 236 g/mol. The van der Waals surface area contributed by atoms with Crippen molar-refractivity contribution in [2.75, 3.05) is 19.6 Å². The van der Waals surface area contributed by atoms with Crippen LogP contribution < -0.4 is 5.32 Å². The van der Waals surface area contributed by atoms with Gasteiger partial charge in [0.05, 0.1) is 6.20 Å². The van der Waals surface area contributed by atoms with Crippen LogP contribution in [0.5, 0.6) is 0 Å². The smallest absolute Gasteiger partial charge is 0.0522 e. The SMILES string of the molecule is Cc1[nH]ncc1CCCNC1CCN(C(C)C)CC1. The number of piperidine rings is 1. The normalized spacial score (nSPS) is 18.3. The monoisotopic (exact) mass is 264 g/mol. The molecule has 4 heteroatoms. The van der Waals surface area contributed by atoms with Crippen molar-refractivity contribution in [3.05, 3.63) is 17.5 Å². The molecule has 0 radical (unpaired) electrons. The zero-order valence-electron chi connectivity index (χ0n) is 12.6. The summed E-state index contributed by atoms with van der Waals surface area (Å²) in [6.45, 7) is 10.3. The summed E-state index contributed by atoms with van der Waals surface area (Å²) in [5.41, 5.74) is 2.57. The van der Waals surface area contributed by atoms with Crippen molar-refractivity contribution in [2.24, 2.45) is 0 Å². The number of aromatic amines is 1. The molecule has 0 aromatic carbocycles. The topological polar surface area (TPSA) is 44.0 Å². The number of nitrogens with zero attached hydrogens (tertiary/aromatic N) is 2. The summed E-state index contributed by atoms with van der Waals surface area (Å²) in [7, 11) is 0. The third kappa shape index (κ3) is 4.32. The Morgan fingerprint density at radius 3 is 2.74 bits per heavy atom. The zero-order chi connectivity index (χ0) is 13.7. The Hall–Kier alpha value is -0.870. The minimum absolute atomic E-state index is 0.699. The Kier molecular flexibility index (Phi) is 5.40. The fraction of sp³-hybridized carbons (Fsp3) is 0.800. The zero-order valence-corrected chi connectivity index (χ0v) is 12.6. The van der Waals surface area contributed by atoms with Crippen LogP contribution in [0.3, 0.4) is 0 Å². The third-order valence-electron chi connectivity index (χ3n) is 4.25. The minimum atomic E-state index is 0.699. The summed E-state index contributed by atoms with van der Waals surface area (Å²) in [5.74, 6) is 0. The predicted octanol–water partition coefficient (Wildman–Crippen LogP) is 2.11. The Morgan fingerprint density at radius 1 is 1.42 bits per heavy atom. The lowest BCUT2D eigenvalue weighted by atomic mass is 10.0. The largest absolute Gasteiger partial charge is 0.314 e. The average molecular weight is 264 g/mol. The van der Waals surface area contributed by atoms with Gasteiger partial charge in [-0.3, -0.25) is 5.10 Å². The molecule has 2 heterocycles. The van der Waals surface area contributed by atoms with Crippen LogP contribution in [0.2, 0.25) is 0 Å². The molecular formula is C15H28N4. The first kappa shape index (κ1) is 14.5. The fourth-order valence-electron chi connectivity index (χ4n) is 2.83. The molecule has 1 aliphatic heterocycles. The molecule has 2 rings (SSSR count). The van der Waals surface area contributed by atoms with Gasteiger partial charge in [0.1, 0.15) is 0 Å². The number of nitrogens with one attached hydrogen (secondary N) is 2. The van der Waals surface area contributed by atoms with E-state index in [9.17, 15) is 0 Å². The molecule has 0 saturated carbocycles. The highest BCUT2D eigenvalue weighted by molar-refractivity contribution is 5.14. The van der Waals surface area contributed by atoms with E-state index in [4.69, 9.17) is 0 Å². The Morgan fingerprint density at radius 2 is 2.16 bits per heavy atom. The van der Waals surface area contributed by atoms with Crippen LogP contribution in [0.4, 0.5) is 0 Å². The van der Waals surface area contributed by atoms with Crippen LogP contribution in [0.15, 0.2) is 6.20 Å². The van der Waals surface area contributed by atoms with Gasteiger partial charge in [0.25, 0.3) is 0 Å². The Labute approximate surface area is 117 Å². The maximum atomic E-state index is 4.06. The summed E-state index contributed by atoms with van der Waals surface area (Å²) in [4.78, 5) is 2.58. The van der Waals surface area contributed by atoms with Crippen molar-refractivity contribution in [3.63, 3.8) is 0 Å². The van der Waals surface area contributed by atoms with Crippen molar-refractivity contribution in [1.29, 1.82) is 0 Å². The molecule has 108 valence electrons. The number of H-pyrrole nitrogens is 1. The van der Waals surface area contributed by atoms with Gasteiger partial charge in [0, 0.05) is 17.8 Å². The number of rotatable bonds is 6. The van der Waals surface area contributed by atoms with E-state index < -0.39 is 0 Å². The van der Waals surface area contributed by atoms with Gasteiger partial charge in [-0.15, -0.1) is 0 Å². The second-order valence-corrected chi connectivity index (χ2v) is 5.98. The standard InChI is InChI=1S/C15H28N4/c1-12(2)19-9-6-15(7-10-19)16-8-4-5-14-11-17-18-13(14)3/h11-12,15-16H,4-10H2,1-3H3,(H,17,18). The molecule has 0 bridgehead atoms. The molecule has 0 amide bonds. The van der Waals surface area contributed by atoms with E-state index in [1.807, 2.05) is 6.20 Å². The van der Waals surface area contributed by atoms with Crippen molar-refractivity contribution >= 4 is 0 Å². The van der Waals surface area contributed by atoms with Gasteiger partial charge < -0.3 is 10.2 Å². The lowest BCUT2D eigenvalue weighted by Gasteiger charge is -2.35. The fourth-order valence-corrected chi connectivity index (χ4v) is 2.83. The van der Waals surface area contributed by atoms with Crippen molar-refractivity contribution in [2.45, 2.75) is 58.5 Å². The molecule has 1 aromatic heterocycles. The maximum Gasteiger partial charge on any atom is 0.0522 e. The molecule has 0 spiro atoms. The van der Waals surface area contributed by atoms with E-state index in [0.717, 1.165) is 19.0 Å². The highest BCUT2D eigenvalue weighted by Crippen LogP contribution is 2.13. The van der Waals surface area contributed by atoms with E-state index in [0.29, 0.717) is 6.04 Å². The molecule has 0 atom stereocenters. The maximum absolute atomic E-state index is 4.06. The number of likely N-dealkylation sites (tertiary alicyclic amines) is 1. The molecule has 1 aliphatic rings. The lowest BCUT2D eigenvalue weighted by Crippen LogP contribution is -2.45. The van der Waals surface area contributed by atoms with Gasteiger partial charge in [-0.1, -0.05) is 0 Å². The highest BCUT2D eigenvalue weighted by atomic mass is 15.2. The first-order valence-corrected chi connectivity index (χ1v) is 7.63. The van der Waals surface area contributed by atoms with Crippen LogP contribution >= 0.6 is 0 Å². The van der Waals surface area contributed by atoms with Crippen LogP contribution in [0.25, 0.3) is 0 Å². The van der Waals surface area contributed by atoms with Crippen LogP contribution in [0, 0.1) is 6.92 Å². The Balaban J connectivity index is 1.58.